The van der Waals surface area contributed by atoms with E-state index in [2.05, 4.69) is 11.9 Å². The lowest BCUT2D eigenvalue weighted by atomic mass is 10.00. The van der Waals surface area contributed by atoms with Crippen molar-refractivity contribution in [3.8, 4) is 0 Å². The molecular formula is C18H22N2O. The third-order valence-corrected chi connectivity index (χ3v) is 3.97. The van der Waals surface area contributed by atoms with Gasteiger partial charge in [0.1, 0.15) is 0 Å². The van der Waals surface area contributed by atoms with Crippen LogP contribution in [-0.2, 0) is 6.54 Å². The number of hydrogen-bond acceptors (Lipinski definition) is 3. The molecule has 1 aromatic heterocycles. The van der Waals surface area contributed by atoms with E-state index in [-0.39, 0.29) is 11.8 Å². The number of rotatable bonds is 5. The number of hydrogen-bond donors (Lipinski definition) is 0. The molecule has 1 unspecified atom stereocenters. The van der Waals surface area contributed by atoms with E-state index in [0.29, 0.717) is 6.54 Å². The Morgan fingerprint density at radius 1 is 1.19 bits per heavy atom. The maximum atomic E-state index is 12.6. The van der Waals surface area contributed by atoms with E-state index in [1.165, 1.54) is 5.56 Å². The molecule has 0 aliphatic rings. The average Bonchev–Trinajstić information content (AvgIpc) is 2.49. The highest BCUT2D eigenvalue weighted by Gasteiger charge is 2.20. The van der Waals surface area contributed by atoms with Crippen LogP contribution in [0.5, 0.6) is 0 Å². The summed E-state index contributed by atoms with van der Waals surface area (Å²) in [5.74, 6) is 0.150. The van der Waals surface area contributed by atoms with Gasteiger partial charge in [0.2, 0.25) is 0 Å². The second-order valence-corrected chi connectivity index (χ2v) is 5.58. The molecule has 110 valence electrons. The number of carbonyl (C=O) groups is 1. The second kappa shape index (κ2) is 6.64. The molecule has 0 radical (unpaired) electrons. The lowest BCUT2D eigenvalue weighted by Crippen LogP contribution is -2.35. The van der Waals surface area contributed by atoms with E-state index in [1.807, 2.05) is 62.2 Å². The lowest BCUT2D eigenvalue weighted by molar-refractivity contribution is 0.0861. The summed E-state index contributed by atoms with van der Waals surface area (Å²) in [6.45, 7) is 6.70. The van der Waals surface area contributed by atoms with Gasteiger partial charge >= 0.3 is 0 Å². The van der Waals surface area contributed by atoms with Gasteiger partial charge in [-0.1, -0.05) is 18.2 Å². The second-order valence-electron chi connectivity index (χ2n) is 5.58. The minimum absolute atomic E-state index is 0.150. The number of benzene rings is 1. The first kappa shape index (κ1) is 15.4. The first-order valence-electron chi connectivity index (χ1n) is 7.20. The number of Topliss-reactive ketones (excluding diaryl/α,β-unsaturated/α-hetero) is 1. The Kier molecular flexibility index (Phi) is 4.86. The molecule has 0 saturated carbocycles. The van der Waals surface area contributed by atoms with Crippen molar-refractivity contribution in [2.75, 3.05) is 7.05 Å². The maximum Gasteiger partial charge on any atom is 0.179 e. The van der Waals surface area contributed by atoms with Crippen LogP contribution >= 0.6 is 0 Å². The molecule has 0 saturated heterocycles. The molecule has 0 bridgehead atoms. The topological polar surface area (TPSA) is 33.2 Å². The maximum absolute atomic E-state index is 12.6. The zero-order chi connectivity index (χ0) is 15.4. The van der Waals surface area contributed by atoms with Crippen molar-refractivity contribution in [3.63, 3.8) is 0 Å². The van der Waals surface area contributed by atoms with Crippen LogP contribution in [0.4, 0.5) is 0 Å². The smallest absolute Gasteiger partial charge is 0.179 e. The fourth-order valence-electron chi connectivity index (χ4n) is 2.22. The summed E-state index contributed by atoms with van der Waals surface area (Å²) in [6, 6.07) is 11.6. The van der Waals surface area contributed by atoms with E-state index in [1.54, 1.807) is 6.20 Å². The fourth-order valence-corrected chi connectivity index (χ4v) is 2.22. The van der Waals surface area contributed by atoms with E-state index in [4.69, 9.17) is 0 Å². The van der Waals surface area contributed by atoms with Gasteiger partial charge in [-0.2, -0.15) is 0 Å². The number of aromatic nitrogens is 1. The van der Waals surface area contributed by atoms with E-state index >= 15 is 0 Å². The van der Waals surface area contributed by atoms with Crippen LogP contribution in [0.2, 0.25) is 0 Å². The Morgan fingerprint density at radius 2 is 1.95 bits per heavy atom. The third-order valence-electron chi connectivity index (χ3n) is 3.97. The summed E-state index contributed by atoms with van der Waals surface area (Å²) < 4.78 is 0. The molecule has 0 spiro atoms. The van der Waals surface area contributed by atoms with Gasteiger partial charge in [-0.3, -0.25) is 14.7 Å². The minimum Gasteiger partial charge on any atom is -0.292 e. The monoisotopic (exact) mass is 282 g/mol. The summed E-state index contributed by atoms with van der Waals surface area (Å²) in [4.78, 5) is 18.9. The molecule has 1 atom stereocenters. The van der Waals surface area contributed by atoms with Crippen molar-refractivity contribution in [2.45, 2.75) is 33.4 Å². The van der Waals surface area contributed by atoms with E-state index in [9.17, 15) is 4.79 Å². The quantitative estimate of drug-likeness (QED) is 0.788. The minimum atomic E-state index is -0.172. The van der Waals surface area contributed by atoms with Crippen LogP contribution in [0.15, 0.2) is 42.6 Å². The highest BCUT2D eigenvalue weighted by atomic mass is 16.1. The van der Waals surface area contributed by atoms with Crippen LogP contribution in [0.3, 0.4) is 0 Å². The van der Waals surface area contributed by atoms with Gasteiger partial charge < -0.3 is 0 Å². The van der Waals surface area contributed by atoms with Crippen LogP contribution in [-0.4, -0.2) is 28.8 Å². The molecule has 21 heavy (non-hydrogen) atoms. The van der Waals surface area contributed by atoms with Crippen molar-refractivity contribution < 1.29 is 4.79 Å². The van der Waals surface area contributed by atoms with E-state index < -0.39 is 0 Å². The first-order valence-corrected chi connectivity index (χ1v) is 7.20. The summed E-state index contributed by atoms with van der Waals surface area (Å²) in [6.07, 6.45) is 1.78. The van der Waals surface area contributed by atoms with Crippen molar-refractivity contribution in [2.24, 2.45) is 0 Å². The Balaban J connectivity index is 2.09. The van der Waals surface area contributed by atoms with Crippen molar-refractivity contribution in [3.05, 3.63) is 65.0 Å². The van der Waals surface area contributed by atoms with Crippen molar-refractivity contribution in [1.29, 1.82) is 0 Å². The van der Waals surface area contributed by atoms with E-state index in [0.717, 1.165) is 16.8 Å². The normalized spacial score (nSPS) is 12.4. The summed E-state index contributed by atoms with van der Waals surface area (Å²) in [5.41, 5.74) is 4.11. The SMILES string of the molecule is Cc1ccc(C(=O)C(C)N(C)Cc2ccccn2)cc1C. The van der Waals surface area contributed by atoms with Gasteiger partial charge in [-0.15, -0.1) is 0 Å². The zero-order valence-corrected chi connectivity index (χ0v) is 13.1. The molecule has 0 N–H and O–H groups in total. The largest absolute Gasteiger partial charge is 0.292 e. The predicted molar refractivity (Wildman–Crippen MR) is 85.4 cm³/mol. The first-order chi connectivity index (χ1) is 9.99. The molecule has 3 nitrogen and oxygen atoms in total. The highest BCUT2D eigenvalue weighted by Crippen LogP contribution is 2.14. The summed E-state index contributed by atoms with van der Waals surface area (Å²) >= 11 is 0. The molecule has 3 heteroatoms. The van der Waals surface area contributed by atoms with Crippen LogP contribution in [0.1, 0.15) is 34.1 Å². The molecule has 0 amide bonds. The molecule has 1 heterocycles. The predicted octanol–water partition coefficient (Wildman–Crippen LogP) is 3.40. The van der Waals surface area contributed by atoms with Crippen LogP contribution < -0.4 is 0 Å². The Hall–Kier alpha value is -2.00. The molecule has 0 aliphatic carbocycles. The van der Waals surface area contributed by atoms with Gasteiger partial charge in [-0.25, -0.2) is 0 Å². The molecule has 0 aliphatic heterocycles. The van der Waals surface area contributed by atoms with Crippen molar-refractivity contribution in [1.82, 2.24) is 9.88 Å². The summed E-state index contributed by atoms with van der Waals surface area (Å²) in [5, 5.41) is 0. The molecule has 0 fully saturated rings. The lowest BCUT2D eigenvalue weighted by Gasteiger charge is -2.23. The highest BCUT2D eigenvalue weighted by molar-refractivity contribution is 6.00. The number of pyridine rings is 1. The van der Waals surface area contributed by atoms with Crippen LogP contribution in [0.25, 0.3) is 0 Å². The number of carbonyl (C=O) groups excluding carboxylic acids is 1. The average molecular weight is 282 g/mol. The Bertz CT molecular complexity index is 622. The molecule has 2 aromatic rings. The Morgan fingerprint density at radius 3 is 2.57 bits per heavy atom. The van der Waals surface area contributed by atoms with Gasteiger partial charge in [0.15, 0.2) is 5.78 Å². The number of aryl methyl sites for hydroxylation is 2. The van der Waals surface area contributed by atoms with Crippen molar-refractivity contribution >= 4 is 5.78 Å². The molecular weight excluding hydrogens is 260 g/mol. The standard InChI is InChI=1S/C18H22N2O/c1-13-8-9-16(11-14(13)2)18(21)15(3)20(4)12-17-7-5-6-10-19-17/h5-11,15H,12H2,1-4H3. The van der Waals surface area contributed by atoms with Crippen LogP contribution in [0, 0.1) is 13.8 Å². The van der Waals surface area contributed by atoms with Gasteiger partial charge in [0.25, 0.3) is 0 Å². The zero-order valence-electron chi connectivity index (χ0n) is 13.1. The number of likely N-dealkylation sites (N-methyl/N-ethyl adjacent to an activating group) is 1. The Labute approximate surface area is 126 Å². The van der Waals surface area contributed by atoms with Gasteiger partial charge in [0.05, 0.1) is 11.7 Å². The fraction of sp³-hybridized carbons (Fsp3) is 0.333. The number of nitrogens with zero attached hydrogens (tertiary/aromatic N) is 2. The van der Waals surface area contributed by atoms with Gasteiger partial charge in [0, 0.05) is 18.3 Å². The number of ketones is 1. The third kappa shape index (κ3) is 3.76. The summed E-state index contributed by atoms with van der Waals surface area (Å²) in [7, 11) is 1.96. The molecule has 1 aromatic carbocycles. The molecule has 2 rings (SSSR count). The van der Waals surface area contributed by atoms with Gasteiger partial charge in [-0.05, 0) is 57.1 Å².